The first-order valence-electron chi connectivity index (χ1n) is 5.86. The number of hydrogen-bond donors (Lipinski definition) is 3. The van der Waals surface area contributed by atoms with Crippen molar-refractivity contribution >= 4 is 16.0 Å². The molecule has 1 fully saturated rings. The van der Waals surface area contributed by atoms with E-state index >= 15 is 0 Å². The third-order valence-corrected chi connectivity index (χ3v) is 4.64. The van der Waals surface area contributed by atoms with Gasteiger partial charge in [-0.05, 0) is 19.8 Å². The van der Waals surface area contributed by atoms with Gasteiger partial charge in [0.05, 0.1) is 12.4 Å². The molecule has 4 N–H and O–H groups in total. The van der Waals surface area contributed by atoms with Crippen molar-refractivity contribution in [2.75, 3.05) is 18.6 Å². The number of nitrogens with zero attached hydrogens (tertiary/aromatic N) is 2. The van der Waals surface area contributed by atoms with Crippen LogP contribution >= 0.6 is 0 Å². The van der Waals surface area contributed by atoms with E-state index in [1.165, 1.54) is 12.4 Å². The number of anilines is 1. The van der Waals surface area contributed by atoms with E-state index in [4.69, 9.17) is 10.6 Å². The van der Waals surface area contributed by atoms with Crippen LogP contribution in [0.4, 0.5) is 5.95 Å². The summed E-state index contributed by atoms with van der Waals surface area (Å²) in [6.07, 6.45) is 3.70. The summed E-state index contributed by atoms with van der Waals surface area (Å²) in [6.45, 7) is 2.96. The molecule has 0 amide bonds. The predicted molar refractivity (Wildman–Crippen MR) is 68.6 cm³/mol. The van der Waals surface area contributed by atoms with Crippen molar-refractivity contribution in [1.82, 2.24) is 14.7 Å². The van der Waals surface area contributed by atoms with Gasteiger partial charge >= 0.3 is 0 Å². The number of ether oxygens (including phenoxy) is 1. The SMILES string of the molecule is CC1(NS(=O)(=O)c2cnc(NN)nc2)CCOCC1. The van der Waals surface area contributed by atoms with E-state index < -0.39 is 15.6 Å². The first kappa shape index (κ1) is 14.1. The fourth-order valence-electron chi connectivity index (χ4n) is 1.84. The van der Waals surface area contributed by atoms with Crippen molar-refractivity contribution in [1.29, 1.82) is 0 Å². The summed E-state index contributed by atoms with van der Waals surface area (Å²) in [5.74, 6) is 5.29. The lowest BCUT2D eigenvalue weighted by atomic mass is 9.94. The first-order valence-corrected chi connectivity index (χ1v) is 7.34. The molecule has 0 bridgehead atoms. The van der Waals surface area contributed by atoms with E-state index in [2.05, 4.69) is 20.1 Å². The molecule has 1 aromatic heterocycles. The third kappa shape index (κ3) is 3.38. The summed E-state index contributed by atoms with van der Waals surface area (Å²) in [4.78, 5) is 7.59. The molecule has 0 spiro atoms. The molecule has 0 atom stereocenters. The summed E-state index contributed by atoms with van der Waals surface area (Å²) in [6, 6.07) is 0. The second-order valence-corrected chi connectivity index (χ2v) is 6.35. The molecule has 0 unspecified atom stereocenters. The fraction of sp³-hybridized carbons (Fsp3) is 0.600. The lowest BCUT2D eigenvalue weighted by molar-refractivity contribution is 0.0537. The van der Waals surface area contributed by atoms with Crippen molar-refractivity contribution in [2.45, 2.75) is 30.2 Å². The van der Waals surface area contributed by atoms with Crippen LogP contribution in [0.5, 0.6) is 0 Å². The number of hydrazine groups is 1. The molecule has 106 valence electrons. The van der Waals surface area contributed by atoms with E-state index in [0.29, 0.717) is 26.1 Å². The van der Waals surface area contributed by atoms with Gasteiger partial charge in [-0.15, -0.1) is 0 Å². The monoisotopic (exact) mass is 287 g/mol. The normalized spacial score (nSPS) is 19.1. The van der Waals surface area contributed by atoms with Gasteiger partial charge in [0.25, 0.3) is 0 Å². The average Bonchev–Trinajstić information content (AvgIpc) is 2.38. The van der Waals surface area contributed by atoms with E-state index in [1.807, 2.05) is 6.92 Å². The first-order chi connectivity index (χ1) is 8.95. The Labute approximate surface area is 111 Å². The number of aromatic nitrogens is 2. The van der Waals surface area contributed by atoms with Crippen LogP contribution in [-0.2, 0) is 14.8 Å². The van der Waals surface area contributed by atoms with Crippen molar-refractivity contribution in [3.63, 3.8) is 0 Å². The van der Waals surface area contributed by atoms with Crippen LogP contribution in [0.2, 0.25) is 0 Å². The van der Waals surface area contributed by atoms with Crippen LogP contribution in [0.25, 0.3) is 0 Å². The molecule has 0 aromatic carbocycles. The van der Waals surface area contributed by atoms with Gasteiger partial charge in [-0.3, -0.25) is 5.43 Å². The number of nitrogen functional groups attached to an aromatic ring is 1. The second kappa shape index (κ2) is 5.37. The smallest absolute Gasteiger partial charge is 0.244 e. The molecule has 0 aliphatic carbocycles. The molecular formula is C10H17N5O3S. The summed E-state index contributed by atoms with van der Waals surface area (Å²) in [5.41, 5.74) is 1.74. The molecule has 1 saturated heterocycles. The maximum atomic E-state index is 12.2. The fourth-order valence-corrected chi connectivity index (χ4v) is 3.19. The Kier molecular flexibility index (Phi) is 3.99. The minimum absolute atomic E-state index is 0.0132. The molecule has 19 heavy (non-hydrogen) atoms. The Balaban J connectivity index is 2.17. The van der Waals surface area contributed by atoms with Crippen molar-refractivity contribution in [3.8, 4) is 0 Å². The molecule has 0 radical (unpaired) electrons. The highest BCUT2D eigenvalue weighted by molar-refractivity contribution is 7.89. The maximum absolute atomic E-state index is 12.2. The van der Waals surface area contributed by atoms with E-state index in [-0.39, 0.29) is 10.8 Å². The molecule has 2 rings (SSSR count). The molecule has 1 aliphatic rings. The highest BCUT2D eigenvalue weighted by Gasteiger charge is 2.32. The molecule has 0 saturated carbocycles. The number of sulfonamides is 1. The Morgan fingerprint density at radius 1 is 1.32 bits per heavy atom. The standard InChI is InChI=1S/C10H17N5O3S/c1-10(2-4-18-5-3-10)15-19(16,17)8-6-12-9(14-11)13-7-8/h6-7,15H,2-5,11H2,1H3,(H,12,13,14). The van der Waals surface area contributed by atoms with Crippen LogP contribution in [0.3, 0.4) is 0 Å². The Morgan fingerprint density at radius 3 is 2.42 bits per heavy atom. The van der Waals surface area contributed by atoms with Gasteiger partial charge < -0.3 is 4.74 Å². The molecule has 9 heteroatoms. The van der Waals surface area contributed by atoms with Gasteiger partial charge in [0.1, 0.15) is 4.90 Å². The van der Waals surface area contributed by atoms with Crippen LogP contribution < -0.4 is 16.0 Å². The number of hydrogen-bond acceptors (Lipinski definition) is 7. The summed E-state index contributed by atoms with van der Waals surface area (Å²) >= 11 is 0. The Bertz CT molecular complexity index is 525. The number of nitrogens with two attached hydrogens (primary N) is 1. The minimum atomic E-state index is -3.64. The summed E-state index contributed by atoms with van der Waals surface area (Å²) in [5, 5.41) is 0. The maximum Gasteiger partial charge on any atom is 0.244 e. The lowest BCUT2D eigenvalue weighted by Crippen LogP contribution is -2.49. The third-order valence-electron chi connectivity index (χ3n) is 3.04. The second-order valence-electron chi connectivity index (χ2n) is 4.67. The summed E-state index contributed by atoms with van der Waals surface area (Å²) < 4.78 is 32.4. The minimum Gasteiger partial charge on any atom is -0.381 e. The van der Waals surface area contributed by atoms with Gasteiger partial charge in [0.2, 0.25) is 16.0 Å². The van der Waals surface area contributed by atoms with Crippen LogP contribution in [0.1, 0.15) is 19.8 Å². The van der Waals surface area contributed by atoms with Crippen LogP contribution in [0.15, 0.2) is 17.3 Å². The van der Waals surface area contributed by atoms with Crippen molar-refractivity contribution in [3.05, 3.63) is 12.4 Å². The highest BCUT2D eigenvalue weighted by Crippen LogP contribution is 2.22. The molecule has 1 aromatic rings. The van der Waals surface area contributed by atoms with Gasteiger partial charge in [0.15, 0.2) is 0 Å². The van der Waals surface area contributed by atoms with Crippen LogP contribution in [-0.4, -0.2) is 37.1 Å². The number of rotatable bonds is 4. The molecular weight excluding hydrogens is 270 g/mol. The van der Waals surface area contributed by atoms with E-state index in [0.717, 1.165) is 0 Å². The zero-order chi connectivity index (χ0) is 13.9. The number of nitrogens with one attached hydrogen (secondary N) is 2. The largest absolute Gasteiger partial charge is 0.381 e. The van der Waals surface area contributed by atoms with Gasteiger partial charge in [0, 0.05) is 18.8 Å². The van der Waals surface area contributed by atoms with Crippen molar-refractivity contribution < 1.29 is 13.2 Å². The molecule has 8 nitrogen and oxygen atoms in total. The predicted octanol–water partition coefficient (Wildman–Crippen LogP) is -0.390. The average molecular weight is 287 g/mol. The van der Waals surface area contributed by atoms with Gasteiger partial charge in [-0.25, -0.2) is 29.0 Å². The Morgan fingerprint density at radius 2 is 1.89 bits per heavy atom. The van der Waals surface area contributed by atoms with E-state index in [9.17, 15) is 8.42 Å². The van der Waals surface area contributed by atoms with Gasteiger partial charge in [-0.2, -0.15) is 0 Å². The van der Waals surface area contributed by atoms with Crippen molar-refractivity contribution in [2.24, 2.45) is 5.84 Å². The van der Waals surface area contributed by atoms with E-state index in [1.54, 1.807) is 0 Å². The zero-order valence-electron chi connectivity index (χ0n) is 10.6. The highest BCUT2D eigenvalue weighted by atomic mass is 32.2. The molecule has 2 heterocycles. The summed E-state index contributed by atoms with van der Waals surface area (Å²) in [7, 11) is -3.64. The topological polar surface area (TPSA) is 119 Å². The quantitative estimate of drug-likeness (QED) is 0.509. The van der Waals surface area contributed by atoms with Crippen LogP contribution in [0, 0.1) is 0 Å². The zero-order valence-corrected chi connectivity index (χ0v) is 11.4. The lowest BCUT2D eigenvalue weighted by Gasteiger charge is -2.33. The Hall–Kier alpha value is -1.29. The molecule has 1 aliphatic heterocycles. The van der Waals surface area contributed by atoms with Gasteiger partial charge in [-0.1, -0.05) is 0 Å².